The van der Waals surface area contributed by atoms with E-state index in [2.05, 4.69) is 10.4 Å². The zero-order valence-corrected chi connectivity index (χ0v) is 13.5. The number of nitrogens with zero attached hydrogens (tertiary/aromatic N) is 2. The van der Waals surface area contributed by atoms with Gasteiger partial charge in [-0.1, -0.05) is 12.1 Å². The van der Waals surface area contributed by atoms with Crippen molar-refractivity contribution in [1.82, 2.24) is 9.78 Å². The van der Waals surface area contributed by atoms with Crippen molar-refractivity contribution in [3.63, 3.8) is 0 Å². The molecule has 0 aliphatic carbocycles. The van der Waals surface area contributed by atoms with Gasteiger partial charge in [0.2, 0.25) is 5.91 Å². The summed E-state index contributed by atoms with van der Waals surface area (Å²) in [5, 5.41) is 6.92. The molecule has 0 bridgehead atoms. The first-order chi connectivity index (χ1) is 10.5. The van der Waals surface area contributed by atoms with Crippen LogP contribution in [0.4, 0.5) is 5.69 Å². The molecule has 0 saturated carbocycles. The highest BCUT2D eigenvalue weighted by molar-refractivity contribution is 5.93. The summed E-state index contributed by atoms with van der Waals surface area (Å²) in [6.07, 6.45) is 2.58. The van der Waals surface area contributed by atoms with Gasteiger partial charge in [0.25, 0.3) is 5.91 Å². The van der Waals surface area contributed by atoms with Gasteiger partial charge in [-0.25, -0.2) is 4.68 Å². The van der Waals surface area contributed by atoms with Gasteiger partial charge in [0.05, 0.1) is 11.4 Å². The highest BCUT2D eigenvalue weighted by atomic mass is 35.5. The molecule has 1 heterocycles. The van der Waals surface area contributed by atoms with E-state index in [9.17, 15) is 9.59 Å². The third-order valence-corrected chi connectivity index (χ3v) is 3.09. The van der Waals surface area contributed by atoms with E-state index >= 15 is 0 Å². The third-order valence-electron chi connectivity index (χ3n) is 3.09. The maximum Gasteiger partial charge on any atom is 0.269 e. The lowest BCUT2D eigenvalue weighted by atomic mass is 10.2. The number of hydrogen-bond donors (Lipinski definition) is 3. The number of carbonyl (C=O) groups is 2. The van der Waals surface area contributed by atoms with E-state index in [0.717, 1.165) is 0 Å². The van der Waals surface area contributed by atoms with Crippen LogP contribution >= 0.6 is 12.4 Å². The normalized spacial score (nSPS) is 11.4. The smallest absolute Gasteiger partial charge is 0.269 e. The summed E-state index contributed by atoms with van der Waals surface area (Å²) >= 11 is 0. The van der Waals surface area contributed by atoms with E-state index in [4.69, 9.17) is 11.5 Å². The standard InChI is InChI=1S/C15H19N5O2.ClH/c1-10(16)6-7-14(21)18-11-4-2-3-5-13(11)20-9-8-12(19-20)15(17)22;/h2-5,8-10H,6-7,16H2,1H3,(H2,17,22)(H,18,21);1H. The molecular formula is C15H20ClN5O2. The third kappa shape index (κ3) is 5.08. The number of primary amides is 1. The molecule has 1 aromatic carbocycles. The number of halogens is 1. The highest BCUT2D eigenvalue weighted by Crippen LogP contribution is 2.20. The molecule has 0 aliphatic heterocycles. The van der Waals surface area contributed by atoms with E-state index in [1.807, 2.05) is 19.1 Å². The molecular weight excluding hydrogens is 318 g/mol. The second-order valence-electron chi connectivity index (χ2n) is 5.09. The summed E-state index contributed by atoms with van der Waals surface area (Å²) in [6.45, 7) is 1.86. The van der Waals surface area contributed by atoms with Crippen LogP contribution in [0.5, 0.6) is 0 Å². The Morgan fingerprint density at radius 1 is 1.30 bits per heavy atom. The van der Waals surface area contributed by atoms with E-state index in [1.54, 1.807) is 18.3 Å². The first-order valence-electron chi connectivity index (χ1n) is 6.97. The van der Waals surface area contributed by atoms with Gasteiger partial charge in [-0.15, -0.1) is 12.4 Å². The van der Waals surface area contributed by atoms with Gasteiger partial charge < -0.3 is 16.8 Å². The molecule has 7 nitrogen and oxygen atoms in total. The van der Waals surface area contributed by atoms with Crippen molar-refractivity contribution in [3.8, 4) is 5.69 Å². The van der Waals surface area contributed by atoms with Crippen LogP contribution in [0.1, 0.15) is 30.3 Å². The molecule has 1 unspecified atom stereocenters. The summed E-state index contributed by atoms with van der Waals surface area (Å²) in [7, 11) is 0. The molecule has 0 aliphatic rings. The van der Waals surface area contributed by atoms with Crippen molar-refractivity contribution in [2.45, 2.75) is 25.8 Å². The Balaban J connectivity index is 0.00000264. The van der Waals surface area contributed by atoms with E-state index in [1.165, 1.54) is 10.7 Å². The second kappa shape index (κ2) is 8.30. The number of nitrogens with two attached hydrogens (primary N) is 2. The maximum atomic E-state index is 11.9. The molecule has 0 fully saturated rings. The molecule has 23 heavy (non-hydrogen) atoms. The van der Waals surface area contributed by atoms with Crippen molar-refractivity contribution in [2.24, 2.45) is 11.5 Å². The van der Waals surface area contributed by atoms with Crippen LogP contribution in [0, 0.1) is 0 Å². The Morgan fingerprint density at radius 3 is 2.61 bits per heavy atom. The molecule has 124 valence electrons. The monoisotopic (exact) mass is 337 g/mol. The molecule has 0 spiro atoms. The molecule has 0 radical (unpaired) electrons. The SMILES string of the molecule is CC(N)CCC(=O)Nc1ccccc1-n1ccc(C(N)=O)n1.Cl. The van der Waals surface area contributed by atoms with Gasteiger partial charge in [0.1, 0.15) is 5.69 Å². The molecule has 2 rings (SSSR count). The Morgan fingerprint density at radius 2 is 2.00 bits per heavy atom. The van der Waals surface area contributed by atoms with Crippen molar-refractivity contribution in [2.75, 3.05) is 5.32 Å². The average molecular weight is 338 g/mol. The van der Waals surface area contributed by atoms with Crippen LogP contribution in [-0.2, 0) is 4.79 Å². The quantitative estimate of drug-likeness (QED) is 0.739. The lowest BCUT2D eigenvalue weighted by molar-refractivity contribution is -0.116. The van der Waals surface area contributed by atoms with Crippen molar-refractivity contribution in [1.29, 1.82) is 0 Å². The number of carbonyl (C=O) groups excluding carboxylic acids is 2. The molecule has 1 aromatic heterocycles. The number of rotatable bonds is 6. The van der Waals surface area contributed by atoms with Gasteiger partial charge in [-0.05, 0) is 31.5 Å². The zero-order chi connectivity index (χ0) is 16.1. The largest absolute Gasteiger partial charge is 0.364 e. The zero-order valence-electron chi connectivity index (χ0n) is 12.7. The Kier molecular flexibility index (Phi) is 6.74. The number of benzene rings is 1. The molecule has 5 N–H and O–H groups in total. The molecule has 2 aromatic rings. The number of aromatic nitrogens is 2. The molecule has 0 saturated heterocycles. The van der Waals surface area contributed by atoms with Crippen LogP contribution in [0.15, 0.2) is 36.5 Å². The van der Waals surface area contributed by atoms with Crippen LogP contribution in [0.2, 0.25) is 0 Å². The van der Waals surface area contributed by atoms with Gasteiger partial charge >= 0.3 is 0 Å². The van der Waals surface area contributed by atoms with Crippen LogP contribution < -0.4 is 16.8 Å². The number of para-hydroxylation sites is 2. The van der Waals surface area contributed by atoms with Crippen LogP contribution in [0.3, 0.4) is 0 Å². The lowest BCUT2D eigenvalue weighted by Gasteiger charge is -2.11. The molecule has 1 atom stereocenters. The van der Waals surface area contributed by atoms with Crippen molar-refractivity contribution < 1.29 is 9.59 Å². The summed E-state index contributed by atoms with van der Waals surface area (Å²) in [5.74, 6) is -0.718. The fourth-order valence-corrected chi connectivity index (χ4v) is 1.94. The molecule has 2 amide bonds. The van der Waals surface area contributed by atoms with Crippen LogP contribution in [-0.4, -0.2) is 27.6 Å². The Labute approximate surface area is 140 Å². The first-order valence-corrected chi connectivity index (χ1v) is 6.97. The summed E-state index contributed by atoms with van der Waals surface area (Å²) in [5.41, 5.74) is 12.3. The van der Waals surface area contributed by atoms with Gasteiger partial charge in [0, 0.05) is 18.7 Å². The van der Waals surface area contributed by atoms with Gasteiger partial charge in [-0.2, -0.15) is 5.10 Å². The number of anilines is 1. The fourth-order valence-electron chi connectivity index (χ4n) is 1.94. The fraction of sp³-hybridized carbons (Fsp3) is 0.267. The topological polar surface area (TPSA) is 116 Å². The minimum Gasteiger partial charge on any atom is -0.364 e. The number of hydrogen-bond acceptors (Lipinski definition) is 4. The van der Waals surface area contributed by atoms with E-state index < -0.39 is 5.91 Å². The van der Waals surface area contributed by atoms with E-state index in [-0.39, 0.29) is 30.0 Å². The van der Waals surface area contributed by atoms with E-state index in [0.29, 0.717) is 24.2 Å². The van der Waals surface area contributed by atoms with Crippen molar-refractivity contribution in [3.05, 3.63) is 42.2 Å². The average Bonchev–Trinajstić information content (AvgIpc) is 2.95. The first kappa shape index (κ1) is 18.7. The van der Waals surface area contributed by atoms with Crippen LogP contribution in [0.25, 0.3) is 5.69 Å². The lowest BCUT2D eigenvalue weighted by Crippen LogP contribution is -2.20. The summed E-state index contributed by atoms with van der Waals surface area (Å²) < 4.78 is 1.50. The number of nitrogens with one attached hydrogen (secondary N) is 1. The Hall–Kier alpha value is -2.38. The summed E-state index contributed by atoms with van der Waals surface area (Å²) in [6, 6.07) is 8.69. The minimum atomic E-state index is -0.600. The van der Waals surface area contributed by atoms with Gasteiger partial charge in [0.15, 0.2) is 0 Å². The highest BCUT2D eigenvalue weighted by Gasteiger charge is 2.11. The second-order valence-corrected chi connectivity index (χ2v) is 5.09. The van der Waals surface area contributed by atoms with Gasteiger partial charge in [-0.3, -0.25) is 9.59 Å². The summed E-state index contributed by atoms with van der Waals surface area (Å²) in [4.78, 5) is 23.1. The predicted molar refractivity (Wildman–Crippen MR) is 90.8 cm³/mol. The maximum absolute atomic E-state index is 11.9. The number of amides is 2. The predicted octanol–water partition coefficient (Wildman–Crippen LogP) is 1.46. The Bertz CT molecular complexity index is 684. The van der Waals surface area contributed by atoms with Crippen molar-refractivity contribution >= 4 is 29.9 Å². The minimum absolute atomic E-state index is 0. The molecule has 8 heteroatoms.